The molecule has 20 heavy (non-hydrogen) atoms. The van der Waals surface area contributed by atoms with Gasteiger partial charge in [0.1, 0.15) is 0 Å². The lowest BCUT2D eigenvalue weighted by Crippen LogP contribution is -2.44. The molecule has 1 saturated carbocycles. The third kappa shape index (κ3) is 2.81. The van der Waals surface area contributed by atoms with Crippen molar-refractivity contribution in [2.24, 2.45) is 11.7 Å². The minimum atomic E-state index is 0.171. The molecule has 0 amide bonds. The van der Waals surface area contributed by atoms with Gasteiger partial charge in [0, 0.05) is 22.6 Å². The van der Waals surface area contributed by atoms with Crippen LogP contribution in [0.15, 0.2) is 28.7 Å². The first-order valence-electron chi connectivity index (χ1n) is 7.93. The van der Waals surface area contributed by atoms with Crippen molar-refractivity contribution >= 4 is 15.9 Å². The smallest absolute Gasteiger partial charge is 0.0499 e. The van der Waals surface area contributed by atoms with Gasteiger partial charge < -0.3 is 5.73 Å². The maximum Gasteiger partial charge on any atom is 0.0499 e. The lowest BCUT2D eigenvalue weighted by atomic mass is 9.84. The van der Waals surface area contributed by atoms with Crippen molar-refractivity contribution < 1.29 is 0 Å². The summed E-state index contributed by atoms with van der Waals surface area (Å²) < 4.78 is 1.15. The Balaban J connectivity index is 1.87. The molecule has 2 fully saturated rings. The standard InChI is InChI=1S/C17H25BrN2/c1-12(19)17(14-6-4-7-15(18)11-14)20-10-9-13-5-2-3-8-16(13)20/h4,6-7,11-13,16-17H,2-3,5,8-10,19H2,1H3. The summed E-state index contributed by atoms with van der Waals surface area (Å²) >= 11 is 3.60. The zero-order valence-electron chi connectivity index (χ0n) is 12.3. The van der Waals surface area contributed by atoms with Crippen LogP contribution in [-0.4, -0.2) is 23.5 Å². The van der Waals surface area contributed by atoms with Gasteiger partial charge in [-0.3, -0.25) is 4.90 Å². The van der Waals surface area contributed by atoms with Crippen LogP contribution < -0.4 is 5.73 Å². The van der Waals surface area contributed by atoms with Gasteiger partial charge in [-0.05, 0) is 56.3 Å². The molecular weight excluding hydrogens is 312 g/mol. The largest absolute Gasteiger partial charge is 0.326 e. The van der Waals surface area contributed by atoms with Crippen molar-refractivity contribution in [3.63, 3.8) is 0 Å². The predicted molar refractivity (Wildman–Crippen MR) is 87.6 cm³/mol. The van der Waals surface area contributed by atoms with Gasteiger partial charge in [-0.25, -0.2) is 0 Å². The number of rotatable bonds is 3. The van der Waals surface area contributed by atoms with Crippen molar-refractivity contribution in [2.45, 2.75) is 57.2 Å². The molecule has 3 rings (SSSR count). The van der Waals surface area contributed by atoms with Crippen LogP contribution in [0, 0.1) is 5.92 Å². The van der Waals surface area contributed by atoms with Crippen molar-refractivity contribution in [3.8, 4) is 0 Å². The molecule has 0 aromatic heterocycles. The van der Waals surface area contributed by atoms with Gasteiger partial charge in [0.05, 0.1) is 0 Å². The molecule has 4 atom stereocenters. The number of hydrogen-bond donors (Lipinski definition) is 1. The van der Waals surface area contributed by atoms with Crippen LogP contribution in [0.3, 0.4) is 0 Å². The van der Waals surface area contributed by atoms with Gasteiger partial charge in [0.15, 0.2) is 0 Å². The number of hydrogen-bond acceptors (Lipinski definition) is 2. The topological polar surface area (TPSA) is 29.3 Å². The average molecular weight is 337 g/mol. The van der Waals surface area contributed by atoms with E-state index < -0.39 is 0 Å². The molecule has 4 unspecified atom stereocenters. The lowest BCUT2D eigenvalue weighted by Gasteiger charge is -2.39. The van der Waals surface area contributed by atoms with Crippen molar-refractivity contribution in [2.75, 3.05) is 6.54 Å². The van der Waals surface area contributed by atoms with Gasteiger partial charge in [-0.1, -0.05) is 40.9 Å². The molecule has 2 nitrogen and oxygen atoms in total. The highest BCUT2D eigenvalue weighted by atomic mass is 79.9. The van der Waals surface area contributed by atoms with Crippen LogP contribution in [-0.2, 0) is 0 Å². The van der Waals surface area contributed by atoms with E-state index >= 15 is 0 Å². The fourth-order valence-corrected chi connectivity index (χ4v) is 4.69. The van der Waals surface area contributed by atoms with Gasteiger partial charge >= 0.3 is 0 Å². The summed E-state index contributed by atoms with van der Waals surface area (Å²) in [5, 5.41) is 0. The summed E-state index contributed by atoms with van der Waals surface area (Å²) in [6, 6.07) is 9.99. The third-order valence-corrected chi connectivity index (χ3v) is 5.59. The Labute approximate surface area is 130 Å². The fourth-order valence-electron chi connectivity index (χ4n) is 4.28. The Morgan fingerprint density at radius 2 is 2.05 bits per heavy atom. The molecule has 1 aromatic carbocycles. The third-order valence-electron chi connectivity index (χ3n) is 5.10. The normalized spacial score (nSPS) is 29.9. The molecule has 0 bridgehead atoms. The summed E-state index contributed by atoms with van der Waals surface area (Å²) in [5.41, 5.74) is 7.73. The Hall–Kier alpha value is -0.380. The number of fused-ring (bicyclic) bond motifs is 1. The second kappa shape index (κ2) is 6.17. The van der Waals surface area contributed by atoms with E-state index in [2.05, 4.69) is 52.0 Å². The molecular formula is C17H25BrN2. The van der Waals surface area contributed by atoms with Crippen molar-refractivity contribution in [1.29, 1.82) is 0 Å². The molecule has 1 heterocycles. The molecule has 1 aliphatic carbocycles. The van der Waals surface area contributed by atoms with E-state index in [1.165, 1.54) is 44.2 Å². The number of nitrogens with two attached hydrogens (primary N) is 1. The van der Waals surface area contributed by atoms with E-state index in [0.29, 0.717) is 6.04 Å². The second-order valence-corrected chi connectivity index (χ2v) is 7.41. The maximum absolute atomic E-state index is 6.36. The second-order valence-electron chi connectivity index (χ2n) is 6.50. The molecule has 1 aromatic rings. The van der Waals surface area contributed by atoms with Crippen LogP contribution >= 0.6 is 15.9 Å². The van der Waals surface area contributed by atoms with Crippen LogP contribution in [0.5, 0.6) is 0 Å². The first kappa shape index (κ1) is 14.6. The average Bonchev–Trinajstić information content (AvgIpc) is 2.83. The Morgan fingerprint density at radius 3 is 2.80 bits per heavy atom. The minimum absolute atomic E-state index is 0.171. The summed E-state index contributed by atoms with van der Waals surface area (Å²) in [5.74, 6) is 0.914. The first-order chi connectivity index (χ1) is 9.66. The predicted octanol–water partition coefficient (Wildman–Crippen LogP) is 4.10. The molecule has 0 radical (unpaired) electrons. The fraction of sp³-hybridized carbons (Fsp3) is 0.647. The number of likely N-dealkylation sites (tertiary alicyclic amines) is 1. The zero-order valence-corrected chi connectivity index (χ0v) is 13.8. The van der Waals surface area contributed by atoms with Crippen LogP contribution in [0.1, 0.15) is 50.6 Å². The van der Waals surface area contributed by atoms with E-state index in [1.54, 1.807) is 0 Å². The van der Waals surface area contributed by atoms with Gasteiger partial charge in [-0.15, -0.1) is 0 Å². The maximum atomic E-state index is 6.36. The number of halogens is 1. The van der Waals surface area contributed by atoms with Crippen LogP contribution in [0.4, 0.5) is 0 Å². The van der Waals surface area contributed by atoms with E-state index in [-0.39, 0.29) is 6.04 Å². The highest BCUT2D eigenvalue weighted by Crippen LogP contribution is 2.41. The monoisotopic (exact) mass is 336 g/mol. The van der Waals surface area contributed by atoms with Gasteiger partial charge in [-0.2, -0.15) is 0 Å². The Morgan fingerprint density at radius 1 is 1.25 bits per heavy atom. The molecule has 110 valence electrons. The first-order valence-corrected chi connectivity index (χ1v) is 8.73. The lowest BCUT2D eigenvalue weighted by molar-refractivity contribution is 0.119. The molecule has 1 saturated heterocycles. The number of benzene rings is 1. The molecule has 3 heteroatoms. The van der Waals surface area contributed by atoms with E-state index in [1.807, 2.05) is 0 Å². The van der Waals surface area contributed by atoms with E-state index in [4.69, 9.17) is 5.73 Å². The van der Waals surface area contributed by atoms with E-state index in [0.717, 1.165) is 16.4 Å². The van der Waals surface area contributed by atoms with Gasteiger partial charge in [0.25, 0.3) is 0 Å². The van der Waals surface area contributed by atoms with Crippen molar-refractivity contribution in [1.82, 2.24) is 4.90 Å². The summed E-state index contributed by atoms with van der Waals surface area (Å²) in [6.07, 6.45) is 6.96. The highest BCUT2D eigenvalue weighted by Gasteiger charge is 2.40. The highest BCUT2D eigenvalue weighted by molar-refractivity contribution is 9.10. The Kier molecular flexibility index (Phi) is 4.49. The Bertz CT molecular complexity index is 460. The summed E-state index contributed by atoms with van der Waals surface area (Å²) in [6.45, 7) is 3.37. The zero-order chi connectivity index (χ0) is 14.1. The quantitative estimate of drug-likeness (QED) is 0.900. The molecule has 0 spiro atoms. The van der Waals surface area contributed by atoms with Crippen LogP contribution in [0.2, 0.25) is 0 Å². The minimum Gasteiger partial charge on any atom is -0.326 e. The molecule has 1 aliphatic heterocycles. The van der Waals surface area contributed by atoms with E-state index in [9.17, 15) is 0 Å². The molecule has 2 N–H and O–H groups in total. The SMILES string of the molecule is CC(N)C(c1cccc(Br)c1)N1CCC2CCCCC21. The summed E-state index contributed by atoms with van der Waals surface area (Å²) in [4.78, 5) is 2.70. The van der Waals surface area contributed by atoms with Crippen molar-refractivity contribution in [3.05, 3.63) is 34.3 Å². The van der Waals surface area contributed by atoms with Crippen LogP contribution in [0.25, 0.3) is 0 Å². The van der Waals surface area contributed by atoms with Gasteiger partial charge in [0.2, 0.25) is 0 Å². The summed E-state index contributed by atoms with van der Waals surface area (Å²) in [7, 11) is 0. The number of nitrogens with zero attached hydrogens (tertiary/aromatic N) is 1. The molecule has 2 aliphatic rings.